The number of amides is 1. The maximum Gasteiger partial charge on any atom is 0.241 e. The van der Waals surface area contributed by atoms with Crippen molar-refractivity contribution >= 4 is 27.5 Å². The second kappa shape index (κ2) is 8.87. The molecule has 2 aromatic carbocycles. The van der Waals surface area contributed by atoms with Crippen molar-refractivity contribution in [3.63, 3.8) is 0 Å². The van der Waals surface area contributed by atoms with Crippen molar-refractivity contribution in [3.8, 4) is 0 Å². The van der Waals surface area contributed by atoms with Gasteiger partial charge in [-0.1, -0.05) is 49.7 Å². The van der Waals surface area contributed by atoms with E-state index >= 15 is 0 Å². The minimum atomic E-state index is -3.84. The number of carbonyl (C=O) groups is 1. The number of carbonyl (C=O) groups excluding carboxylic acids is 1. The topological polar surface area (TPSA) is 66.5 Å². The van der Waals surface area contributed by atoms with E-state index < -0.39 is 16.1 Å². The van der Waals surface area contributed by atoms with E-state index in [0.29, 0.717) is 11.6 Å². The van der Waals surface area contributed by atoms with E-state index in [-0.39, 0.29) is 16.7 Å². The van der Waals surface area contributed by atoms with Crippen LogP contribution in [0.1, 0.15) is 25.0 Å². The molecular formula is C20H25ClN2O3S. The fourth-order valence-corrected chi connectivity index (χ4v) is 4.14. The lowest BCUT2D eigenvalue weighted by Gasteiger charge is -2.27. The molecule has 0 spiro atoms. The lowest BCUT2D eigenvalue weighted by molar-refractivity contribution is -0.133. The number of hydrogen-bond acceptors (Lipinski definition) is 3. The predicted molar refractivity (Wildman–Crippen MR) is 108 cm³/mol. The van der Waals surface area contributed by atoms with Gasteiger partial charge in [-0.25, -0.2) is 8.42 Å². The number of aryl methyl sites for hydroxylation is 1. The van der Waals surface area contributed by atoms with Gasteiger partial charge in [-0.3, -0.25) is 4.79 Å². The van der Waals surface area contributed by atoms with E-state index in [1.807, 2.05) is 45.0 Å². The van der Waals surface area contributed by atoms with Crippen LogP contribution in [-0.4, -0.2) is 32.3 Å². The summed E-state index contributed by atoms with van der Waals surface area (Å²) in [7, 11) is -2.16. The fourth-order valence-electron chi connectivity index (χ4n) is 2.68. The highest BCUT2D eigenvalue weighted by Crippen LogP contribution is 2.17. The first kappa shape index (κ1) is 21.4. The van der Waals surface area contributed by atoms with Crippen LogP contribution in [0.15, 0.2) is 53.4 Å². The Hall–Kier alpha value is -1.89. The molecule has 0 unspecified atom stereocenters. The molecule has 27 heavy (non-hydrogen) atoms. The minimum absolute atomic E-state index is 0.0758. The van der Waals surface area contributed by atoms with Gasteiger partial charge in [0.1, 0.15) is 6.04 Å². The quantitative estimate of drug-likeness (QED) is 0.760. The SMILES string of the molecule is Cc1ccccc1CN(C)C(=O)[C@@H](NS(=O)(=O)c1ccc(Cl)cc1)C(C)C. The molecule has 7 heteroatoms. The van der Waals surface area contributed by atoms with Crippen LogP contribution in [0.5, 0.6) is 0 Å². The molecule has 0 saturated heterocycles. The first-order chi connectivity index (χ1) is 12.6. The molecule has 2 rings (SSSR count). The fraction of sp³-hybridized carbons (Fsp3) is 0.350. The maximum absolute atomic E-state index is 12.9. The highest BCUT2D eigenvalue weighted by atomic mass is 35.5. The first-order valence-corrected chi connectivity index (χ1v) is 10.6. The van der Waals surface area contributed by atoms with Crippen LogP contribution in [0.4, 0.5) is 0 Å². The molecule has 0 heterocycles. The van der Waals surface area contributed by atoms with E-state index in [1.54, 1.807) is 11.9 Å². The van der Waals surface area contributed by atoms with E-state index in [0.717, 1.165) is 11.1 Å². The van der Waals surface area contributed by atoms with Crippen molar-refractivity contribution in [1.29, 1.82) is 0 Å². The van der Waals surface area contributed by atoms with E-state index in [1.165, 1.54) is 24.3 Å². The molecule has 146 valence electrons. The van der Waals surface area contributed by atoms with Crippen LogP contribution >= 0.6 is 11.6 Å². The van der Waals surface area contributed by atoms with Crippen LogP contribution in [0.3, 0.4) is 0 Å². The van der Waals surface area contributed by atoms with Gasteiger partial charge in [-0.05, 0) is 48.2 Å². The van der Waals surface area contributed by atoms with Crippen LogP contribution in [0.2, 0.25) is 5.02 Å². The Morgan fingerprint density at radius 3 is 2.26 bits per heavy atom. The van der Waals surface area contributed by atoms with Crippen LogP contribution in [0, 0.1) is 12.8 Å². The van der Waals surface area contributed by atoms with Gasteiger partial charge in [-0.15, -0.1) is 0 Å². The third-order valence-electron chi connectivity index (χ3n) is 4.38. The Bertz CT molecular complexity index is 896. The van der Waals surface area contributed by atoms with Gasteiger partial charge < -0.3 is 4.90 Å². The van der Waals surface area contributed by atoms with Gasteiger partial charge in [0, 0.05) is 18.6 Å². The van der Waals surface area contributed by atoms with Gasteiger partial charge in [0.25, 0.3) is 0 Å². The first-order valence-electron chi connectivity index (χ1n) is 8.69. The number of halogens is 1. The highest BCUT2D eigenvalue weighted by Gasteiger charge is 2.30. The van der Waals surface area contributed by atoms with Crippen LogP contribution < -0.4 is 4.72 Å². The third-order valence-corrected chi connectivity index (χ3v) is 6.09. The molecule has 0 bridgehead atoms. The number of nitrogens with one attached hydrogen (secondary N) is 1. The summed E-state index contributed by atoms with van der Waals surface area (Å²) in [6.45, 7) is 6.03. The minimum Gasteiger partial charge on any atom is -0.340 e. The number of likely N-dealkylation sites (N-methyl/N-ethyl adjacent to an activating group) is 1. The highest BCUT2D eigenvalue weighted by molar-refractivity contribution is 7.89. The average Bonchev–Trinajstić information content (AvgIpc) is 2.61. The summed E-state index contributed by atoms with van der Waals surface area (Å²) in [4.78, 5) is 14.6. The third kappa shape index (κ3) is 5.54. The van der Waals surface area contributed by atoms with Crippen molar-refractivity contribution in [2.45, 2.75) is 38.3 Å². The van der Waals surface area contributed by atoms with Crippen molar-refractivity contribution in [3.05, 3.63) is 64.7 Å². The Labute approximate surface area is 166 Å². The molecule has 0 aliphatic rings. The van der Waals surface area contributed by atoms with E-state index in [4.69, 9.17) is 11.6 Å². The number of rotatable bonds is 7. The average molecular weight is 409 g/mol. The smallest absolute Gasteiger partial charge is 0.241 e. The number of hydrogen-bond donors (Lipinski definition) is 1. The molecule has 0 radical (unpaired) electrons. The molecule has 1 atom stereocenters. The van der Waals surface area contributed by atoms with E-state index in [2.05, 4.69) is 4.72 Å². The number of nitrogens with zero attached hydrogens (tertiary/aromatic N) is 1. The molecule has 0 aromatic heterocycles. The van der Waals surface area contributed by atoms with Crippen molar-refractivity contribution < 1.29 is 13.2 Å². The summed E-state index contributed by atoms with van der Waals surface area (Å²) < 4.78 is 27.9. The van der Waals surface area contributed by atoms with Crippen molar-refractivity contribution in [2.24, 2.45) is 5.92 Å². The van der Waals surface area contributed by atoms with Gasteiger partial charge in [0.05, 0.1) is 4.90 Å². The van der Waals surface area contributed by atoms with Crippen LogP contribution in [-0.2, 0) is 21.4 Å². The standard InChI is InChI=1S/C20H25ClN2O3S/c1-14(2)19(22-27(25,26)18-11-9-17(21)10-12-18)20(24)23(4)13-16-8-6-5-7-15(16)3/h5-12,14,19,22H,13H2,1-4H3/t19-/m0/s1. The molecule has 1 amide bonds. The molecule has 0 fully saturated rings. The summed E-state index contributed by atoms with van der Waals surface area (Å²) in [6.07, 6.45) is 0. The predicted octanol–water partition coefficient (Wildman–Crippen LogP) is 3.61. The van der Waals surface area contributed by atoms with Crippen molar-refractivity contribution in [1.82, 2.24) is 9.62 Å². The summed E-state index contributed by atoms with van der Waals surface area (Å²) >= 11 is 5.82. The molecule has 0 saturated carbocycles. The molecule has 5 nitrogen and oxygen atoms in total. The summed E-state index contributed by atoms with van der Waals surface area (Å²) in [5.74, 6) is -0.482. The van der Waals surface area contributed by atoms with E-state index in [9.17, 15) is 13.2 Å². The summed E-state index contributed by atoms with van der Waals surface area (Å²) in [6, 6.07) is 12.8. The summed E-state index contributed by atoms with van der Waals surface area (Å²) in [5.41, 5.74) is 2.11. The Morgan fingerprint density at radius 2 is 1.70 bits per heavy atom. The molecule has 1 N–H and O–H groups in total. The second-order valence-electron chi connectivity index (χ2n) is 6.92. The Balaban J connectivity index is 2.19. The van der Waals surface area contributed by atoms with Gasteiger partial charge in [0.2, 0.25) is 15.9 Å². The zero-order valence-corrected chi connectivity index (χ0v) is 17.5. The zero-order valence-electron chi connectivity index (χ0n) is 15.9. The molecule has 2 aromatic rings. The lowest BCUT2D eigenvalue weighted by atomic mass is 10.0. The molecule has 0 aliphatic carbocycles. The maximum atomic E-state index is 12.9. The summed E-state index contributed by atoms with van der Waals surface area (Å²) in [5, 5.41) is 0.448. The number of benzene rings is 2. The second-order valence-corrected chi connectivity index (χ2v) is 9.07. The Morgan fingerprint density at radius 1 is 1.11 bits per heavy atom. The van der Waals surface area contributed by atoms with Gasteiger partial charge in [-0.2, -0.15) is 4.72 Å². The lowest BCUT2D eigenvalue weighted by Crippen LogP contribution is -2.49. The largest absolute Gasteiger partial charge is 0.340 e. The molecular weight excluding hydrogens is 384 g/mol. The normalized spacial score (nSPS) is 12.8. The Kier molecular flexibility index (Phi) is 7.03. The van der Waals surface area contributed by atoms with Crippen molar-refractivity contribution in [2.75, 3.05) is 7.05 Å². The number of sulfonamides is 1. The molecule has 0 aliphatic heterocycles. The monoisotopic (exact) mass is 408 g/mol. The van der Waals surface area contributed by atoms with Gasteiger partial charge in [0.15, 0.2) is 0 Å². The zero-order chi connectivity index (χ0) is 20.2. The van der Waals surface area contributed by atoms with Crippen LogP contribution in [0.25, 0.3) is 0 Å². The van der Waals surface area contributed by atoms with Gasteiger partial charge >= 0.3 is 0 Å².